The molecular weight excluding hydrogens is 416 g/mol. The van der Waals surface area contributed by atoms with Gasteiger partial charge in [-0.3, -0.25) is 4.90 Å². The number of piperazine rings is 1. The Kier molecular flexibility index (Phi) is 5.83. The van der Waals surface area contributed by atoms with Gasteiger partial charge in [0, 0.05) is 60.8 Å². The van der Waals surface area contributed by atoms with E-state index in [9.17, 15) is 0 Å². The molecule has 2 aromatic heterocycles. The highest BCUT2D eigenvalue weighted by molar-refractivity contribution is 9.10. The number of aromatic nitrogens is 4. The SMILES string of the molecule is Cc1c(/C=C/CN2CCN(c3cccc(Br)c3)CC2)cnn1-c1ncccn1. The Hall–Kier alpha value is -2.51. The molecule has 144 valence electrons. The van der Waals surface area contributed by atoms with Crippen molar-refractivity contribution >= 4 is 27.7 Å². The van der Waals surface area contributed by atoms with E-state index in [0.29, 0.717) is 5.95 Å². The van der Waals surface area contributed by atoms with Gasteiger partial charge in [-0.1, -0.05) is 34.1 Å². The van der Waals surface area contributed by atoms with Crippen LogP contribution in [0.1, 0.15) is 11.3 Å². The van der Waals surface area contributed by atoms with Crippen molar-refractivity contribution in [3.63, 3.8) is 0 Å². The van der Waals surface area contributed by atoms with Gasteiger partial charge in [-0.2, -0.15) is 5.10 Å². The lowest BCUT2D eigenvalue weighted by Crippen LogP contribution is -2.46. The second-order valence-electron chi connectivity index (χ2n) is 6.82. The van der Waals surface area contributed by atoms with Crippen molar-refractivity contribution in [2.45, 2.75) is 6.92 Å². The highest BCUT2D eigenvalue weighted by Crippen LogP contribution is 2.21. The molecule has 7 heteroatoms. The van der Waals surface area contributed by atoms with E-state index in [2.05, 4.69) is 77.2 Å². The summed E-state index contributed by atoms with van der Waals surface area (Å²) in [7, 11) is 0. The van der Waals surface area contributed by atoms with E-state index in [1.54, 1.807) is 23.1 Å². The van der Waals surface area contributed by atoms with Gasteiger partial charge in [0.2, 0.25) is 0 Å². The average Bonchev–Trinajstić information content (AvgIpc) is 3.10. The van der Waals surface area contributed by atoms with Crippen molar-refractivity contribution in [3.8, 4) is 5.95 Å². The van der Waals surface area contributed by atoms with Crippen molar-refractivity contribution in [2.24, 2.45) is 0 Å². The summed E-state index contributed by atoms with van der Waals surface area (Å²) < 4.78 is 2.91. The molecule has 6 nitrogen and oxygen atoms in total. The highest BCUT2D eigenvalue weighted by atomic mass is 79.9. The van der Waals surface area contributed by atoms with Gasteiger partial charge in [-0.05, 0) is 31.2 Å². The van der Waals surface area contributed by atoms with Gasteiger partial charge in [0.15, 0.2) is 0 Å². The van der Waals surface area contributed by atoms with Crippen molar-refractivity contribution in [3.05, 3.63) is 70.7 Å². The summed E-state index contributed by atoms with van der Waals surface area (Å²) in [6, 6.07) is 10.3. The molecule has 1 aliphatic heterocycles. The minimum absolute atomic E-state index is 0.600. The van der Waals surface area contributed by atoms with E-state index in [0.717, 1.165) is 48.5 Å². The van der Waals surface area contributed by atoms with Crippen LogP contribution in [-0.2, 0) is 0 Å². The number of hydrogen-bond donors (Lipinski definition) is 0. The Morgan fingerprint density at radius 3 is 2.61 bits per heavy atom. The first-order valence-electron chi connectivity index (χ1n) is 9.42. The van der Waals surface area contributed by atoms with Gasteiger partial charge >= 0.3 is 0 Å². The van der Waals surface area contributed by atoms with Gasteiger partial charge in [-0.25, -0.2) is 14.6 Å². The number of rotatable bonds is 5. The van der Waals surface area contributed by atoms with Crippen molar-refractivity contribution < 1.29 is 0 Å². The van der Waals surface area contributed by atoms with Crippen LogP contribution in [0.25, 0.3) is 12.0 Å². The quantitative estimate of drug-likeness (QED) is 0.609. The van der Waals surface area contributed by atoms with Gasteiger partial charge in [0.1, 0.15) is 0 Å². The van der Waals surface area contributed by atoms with Crippen LogP contribution >= 0.6 is 15.9 Å². The second-order valence-corrected chi connectivity index (χ2v) is 7.73. The first kappa shape index (κ1) is 18.8. The van der Waals surface area contributed by atoms with Gasteiger partial charge in [0.25, 0.3) is 5.95 Å². The maximum absolute atomic E-state index is 4.42. The summed E-state index contributed by atoms with van der Waals surface area (Å²) in [5.74, 6) is 0.600. The smallest absolute Gasteiger partial charge is 0.250 e. The lowest BCUT2D eigenvalue weighted by atomic mass is 10.2. The second kappa shape index (κ2) is 8.67. The molecule has 3 heterocycles. The van der Waals surface area contributed by atoms with Crippen molar-refractivity contribution in [1.82, 2.24) is 24.6 Å². The number of halogens is 1. The van der Waals surface area contributed by atoms with Crippen LogP contribution in [0.3, 0.4) is 0 Å². The van der Waals surface area contributed by atoms with Crippen molar-refractivity contribution in [1.29, 1.82) is 0 Å². The number of hydrogen-bond acceptors (Lipinski definition) is 5. The summed E-state index contributed by atoms with van der Waals surface area (Å²) in [4.78, 5) is 13.4. The van der Waals surface area contributed by atoms with Crippen LogP contribution in [0, 0.1) is 6.92 Å². The molecule has 0 atom stereocenters. The fraction of sp³-hybridized carbons (Fsp3) is 0.286. The van der Waals surface area contributed by atoms with Crippen LogP contribution < -0.4 is 4.90 Å². The van der Waals surface area contributed by atoms with E-state index in [1.807, 2.05) is 13.1 Å². The third-order valence-electron chi connectivity index (χ3n) is 5.00. The number of anilines is 1. The van der Waals surface area contributed by atoms with Crippen molar-refractivity contribution in [2.75, 3.05) is 37.6 Å². The van der Waals surface area contributed by atoms with Crippen LogP contribution in [0.5, 0.6) is 0 Å². The maximum Gasteiger partial charge on any atom is 0.250 e. The van der Waals surface area contributed by atoms with Crippen LogP contribution in [0.2, 0.25) is 0 Å². The maximum atomic E-state index is 4.42. The molecule has 0 bridgehead atoms. The number of benzene rings is 1. The zero-order chi connectivity index (χ0) is 19.3. The van der Waals surface area contributed by atoms with Gasteiger partial charge in [-0.15, -0.1) is 0 Å². The summed E-state index contributed by atoms with van der Waals surface area (Å²) in [5, 5.41) is 4.42. The number of nitrogens with zero attached hydrogens (tertiary/aromatic N) is 6. The zero-order valence-corrected chi connectivity index (χ0v) is 17.5. The summed E-state index contributed by atoms with van der Waals surface area (Å²) in [5.41, 5.74) is 3.43. The Balaban J connectivity index is 1.32. The van der Waals surface area contributed by atoms with Crippen LogP contribution in [0.4, 0.5) is 5.69 Å². The molecule has 0 spiro atoms. The molecule has 0 saturated carbocycles. The predicted molar refractivity (Wildman–Crippen MR) is 116 cm³/mol. The predicted octanol–water partition coefficient (Wildman–Crippen LogP) is 3.57. The topological polar surface area (TPSA) is 50.1 Å². The molecule has 0 amide bonds. The Morgan fingerprint density at radius 2 is 1.86 bits per heavy atom. The van der Waals surface area contributed by atoms with Gasteiger partial charge in [0.05, 0.1) is 11.9 Å². The molecule has 1 fully saturated rings. The first-order valence-corrected chi connectivity index (χ1v) is 10.2. The lowest BCUT2D eigenvalue weighted by Gasteiger charge is -2.35. The Morgan fingerprint density at radius 1 is 1.07 bits per heavy atom. The molecule has 1 aromatic carbocycles. The third kappa shape index (κ3) is 4.31. The molecular formula is C21H23BrN6. The highest BCUT2D eigenvalue weighted by Gasteiger charge is 2.16. The zero-order valence-electron chi connectivity index (χ0n) is 15.9. The fourth-order valence-corrected chi connectivity index (χ4v) is 3.77. The van der Waals surface area contributed by atoms with E-state index in [1.165, 1.54) is 5.69 Å². The fourth-order valence-electron chi connectivity index (χ4n) is 3.38. The van der Waals surface area contributed by atoms with Crippen LogP contribution in [0.15, 0.2) is 59.5 Å². The molecule has 0 N–H and O–H groups in total. The molecule has 28 heavy (non-hydrogen) atoms. The summed E-state index contributed by atoms with van der Waals surface area (Å²) in [6.45, 7) is 7.21. The monoisotopic (exact) mass is 438 g/mol. The standard InChI is InChI=1S/C21H23BrN6/c1-17-18(16-25-28(17)21-23-8-4-9-24-21)5-3-10-26-11-13-27(14-12-26)20-7-2-6-19(22)15-20/h2-9,15-16H,10-14H2,1H3/b5-3+. The molecule has 0 unspecified atom stereocenters. The average molecular weight is 439 g/mol. The largest absolute Gasteiger partial charge is 0.369 e. The first-order chi connectivity index (χ1) is 13.7. The van der Waals surface area contributed by atoms with Crippen LogP contribution in [-0.4, -0.2) is 57.4 Å². The van der Waals surface area contributed by atoms with E-state index < -0.39 is 0 Å². The molecule has 3 aromatic rings. The lowest BCUT2D eigenvalue weighted by molar-refractivity contribution is 0.284. The Labute approximate surface area is 173 Å². The Bertz CT molecular complexity index is 945. The van der Waals surface area contributed by atoms with E-state index in [-0.39, 0.29) is 0 Å². The molecule has 1 aliphatic rings. The molecule has 1 saturated heterocycles. The van der Waals surface area contributed by atoms with E-state index in [4.69, 9.17) is 0 Å². The molecule has 0 radical (unpaired) electrons. The van der Waals surface area contributed by atoms with Gasteiger partial charge < -0.3 is 4.90 Å². The normalized spacial score (nSPS) is 15.4. The summed E-state index contributed by atoms with van der Waals surface area (Å²) in [6.07, 6.45) is 9.68. The molecule has 4 rings (SSSR count). The minimum atomic E-state index is 0.600. The minimum Gasteiger partial charge on any atom is -0.369 e. The van der Waals surface area contributed by atoms with E-state index >= 15 is 0 Å². The summed E-state index contributed by atoms with van der Waals surface area (Å²) >= 11 is 3.56. The molecule has 0 aliphatic carbocycles. The third-order valence-corrected chi connectivity index (χ3v) is 5.49.